The number of aryl methyl sites for hydroxylation is 1. The van der Waals surface area contributed by atoms with Gasteiger partial charge in [0.1, 0.15) is 16.8 Å². The molecule has 0 unspecified atom stereocenters. The van der Waals surface area contributed by atoms with Crippen molar-refractivity contribution in [2.75, 3.05) is 12.0 Å². The molecule has 2 N–H and O–H groups in total. The molecule has 2 aromatic rings. The van der Waals surface area contributed by atoms with Crippen LogP contribution in [-0.4, -0.2) is 46.9 Å². The maximum absolute atomic E-state index is 12.5. The van der Waals surface area contributed by atoms with Gasteiger partial charge in [-0.15, -0.1) is 0 Å². The summed E-state index contributed by atoms with van der Waals surface area (Å²) in [6.07, 6.45) is 3.16. The summed E-state index contributed by atoms with van der Waals surface area (Å²) >= 11 is 7.82. The number of hydrazone groups is 1. The molecule has 9 heteroatoms. The number of rotatable bonds is 7. The second-order valence-electron chi connectivity index (χ2n) is 7.78. The SMILES string of the molecule is CSCC[C@H](NC(=O)OC(C)(C)C)C(=O)N/N=C/c1cc2ccc(C)cc2nc1Cl. The largest absolute Gasteiger partial charge is 0.444 e. The first-order chi connectivity index (χ1) is 14.1. The Labute approximate surface area is 186 Å². The van der Waals surface area contributed by atoms with Crippen molar-refractivity contribution in [2.24, 2.45) is 5.10 Å². The Morgan fingerprint density at radius 3 is 2.73 bits per heavy atom. The third-order valence-corrected chi connectivity index (χ3v) is 4.90. The van der Waals surface area contributed by atoms with E-state index in [9.17, 15) is 9.59 Å². The van der Waals surface area contributed by atoms with Crippen LogP contribution in [0, 0.1) is 6.92 Å². The lowest BCUT2D eigenvalue weighted by atomic mass is 10.1. The number of alkyl carbamates (subject to hydrolysis) is 1. The van der Waals surface area contributed by atoms with Crippen LogP contribution in [0.1, 0.15) is 38.3 Å². The van der Waals surface area contributed by atoms with E-state index in [-0.39, 0.29) is 5.15 Å². The normalized spacial score (nSPS) is 12.7. The summed E-state index contributed by atoms with van der Waals surface area (Å²) in [6.45, 7) is 7.27. The van der Waals surface area contributed by atoms with Gasteiger partial charge in [-0.05, 0) is 63.8 Å². The number of benzene rings is 1. The third kappa shape index (κ3) is 7.50. The highest BCUT2D eigenvalue weighted by Crippen LogP contribution is 2.20. The number of nitrogens with one attached hydrogen (secondary N) is 2. The fraction of sp³-hybridized carbons (Fsp3) is 0.429. The van der Waals surface area contributed by atoms with Gasteiger partial charge in [0, 0.05) is 10.9 Å². The second-order valence-corrected chi connectivity index (χ2v) is 9.12. The molecular weight excluding hydrogens is 424 g/mol. The highest BCUT2D eigenvalue weighted by Gasteiger charge is 2.24. The van der Waals surface area contributed by atoms with E-state index in [0.717, 1.165) is 16.5 Å². The van der Waals surface area contributed by atoms with Crippen LogP contribution in [0.25, 0.3) is 10.9 Å². The number of thioether (sulfide) groups is 1. The van der Waals surface area contributed by atoms with Gasteiger partial charge in [-0.2, -0.15) is 16.9 Å². The van der Waals surface area contributed by atoms with Gasteiger partial charge in [-0.1, -0.05) is 23.7 Å². The number of fused-ring (bicyclic) bond motifs is 1. The van der Waals surface area contributed by atoms with Crippen molar-refractivity contribution >= 4 is 52.5 Å². The molecule has 2 rings (SSSR count). The lowest BCUT2D eigenvalue weighted by Gasteiger charge is -2.22. The number of pyridine rings is 1. The fourth-order valence-electron chi connectivity index (χ4n) is 2.56. The van der Waals surface area contributed by atoms with E-state index in [1.165, 1.54) is 6.21 Å². The second kappa shape index (κ2) is 10.6. The monoisotopic (exact) mass is 450 g/mol. The van der Waals surface area contributed by atoms with E-state index in [1.54, 1.807) is 32.5 Å². The molecule has 0 fully saturated rings. The quantitative estimate of drug-likeness (QED) is 0.373. The Bertz CT molecular complexity index is 944. The van der Waals surface area contributed by atoms with E-state index >= 15 is 0 Å². The van der Waals surface area contributed by atoms with Crippen molar-refractivity contribution in [1.82, 2.24) is 15.7 Å². The first kappa shape index (κ1) is 24.0. The van der Waals surface area contributed by atoms with Crippen molar-refractivity contribution in [3.05, 3.63) is 40.5 Å². The van der Waals surface area contributed by atoms with Crippen molar-refractivity contribution in [1.29, 1.82) is 0 Å². The number of amides is 2. The Morgan fingerprint density at radius 2 is 2.07 bits per heavy atom. The average molecular weight is 451 g/mol. The molecule has 162 valence electrons. The van der Waals surface area contributed by atoms with Gasteiger partial charge >= 0.3 is 6.09 Å². The Morgan fingerprint density at radius 1 is 1.33 bits per heavy atom. The highest BCUT2D eigenvalue weighted by atomic mass is 35.5. The number of carbonyl (C=O) groups is 2. The third-order valence-electron chi connectivity index (χ3n) is 3.95. The Hall–Kier alpha value is -2.32. The van der Waals surface area contributed by atoms with Crippen molar-refractivity contribution in [3.8, 4) is 0 Å². The molecule has 2 amide bonds. The number of hydrogen-bond donors (Lipinski definition) is 2. The summed E-state index contributed by atoms with van der Waals surface area (Å²) in [7, 11) is 0. The summed E-state index contributed by atoms with van der Waals surface area (Å²) in [5.74, 6) is 0.254. The van der Waals surface area contributed by atoms with Gasteiger partial charge in [0.2, 0.25) is 0 Å². The zero-order chi connectivity index (χ0) is 22.3. The van der Waals surface area contributed by atoms with Crippen molar-refractivity contribution in [3.63, 3.8) is 0 Å². The molecule has 0 aliphatic rings. The fourth-order valence-corrected chi connectivity index (χ4v) is 3.22. The zero-order valence-electron chi connectivity index (χ0n) is 17.8. The average Bonchev–Trinajstić information content (AvgIpc) is 2.64. The van der Waals surface area contributed by atoms with Crippen LogP contribution in [0.4, 0.5) is 4.79 Å². The van der Waals surface area contributed by atoms with Crippen LogP contribution >= 0.6 is 23.4 Å². The van der Waals surface area contributed by atoms with Gasteiger partial charge < -0.3 is 10.1 Å². The lowest BCUT2D eigenvalue weighted by Crippen LogP contribution is -2.47. The molecule has 0 bridgehead atoms. The summed E-state index contributed by atoms with van der Waals surface area (Å²) in [5.41, 5.74) is 4.27. The number of hydrogen-bond acceptors (Lipinski definition) is 6. The molecule has 0 radical (unpaired) electrons. The Balaban J connectivity index is 2.07. The minimum atomic E-state index is -0.766. The molecular formula is C21H27ClN4O3S. The number of carbonyl (C=O) groups excluding carboxylic acids is 2. The molecule has 1 atom stereocenters. The summed E-state index contributed by atoms with van der Waals surface area (Å²) in [5, 5.41) is 7.80. The number of aromatic nitrogens is 1. The summed E-state index contributed by atoms with van der Waals surface area (Å²) < 4.78 is 5.24. The molecule has 0 aliphatic carbocycles. The molecule has 0 aliphatic heterocycles. The molecule has 1 aromatic carbocycles. The molecule has 7 nitrogen and oxygen atoms in total. The molecule has 1 aromatic heterocycles. The van der Waals surface area contributed by atoms with Crippen LogP contribution < -0.4 is 10.7 Å². The predicted molar refractivity (Wildman–Crippen MR) is 123 cm³/mol. The lowest BCUT2D eigenvalue weighted by molar-refractivity contribution is -0.123. The molecule has 0 saturated carbocycles. The minimum absolute atomic E-state index is 0.289. The zero-order valence-corrected chi connectivity index (χ0v) is 19.4. The summed E-state index contributed by atoms with van der Waals surface area (Å²) in [6, 6.07) is 6.97. The minimum Gasteiger partial charge on any atom is -0.444 e. The van der Waals surface area contributed by atoms with Crippen LogP contribution in [0.5, 0.6) is 0 Å². The number of nitrogens with zero attached hydrogens (tertiary/aromatic N) is 2. The first-order valence-corrected chi connectivity index (χ1v) is 11.2. The molecule has 30 heavy (non-hydrogen) atoms. The number of halogens is 1. The van der Waals surface area contributed by atoms with E-state index in [0.29, 0.717) is 17.7 Å². The van der Waals surface area contributed by atoms with Gasteiger partial charge in [-0.3, -0.25) is 4.79 Å². The van der Waals surface area contributed by atoms with Crippen LogP contribution in [0.3, 0.4) is 0 Å². The Kier molecular flexibility index (Phi) is 8.49. The maximum atomic E-state index is 12.5. The molecule has 0 spiro atoms. The predicted octanol–water partition coefficient (Wildman–Crippen LogP) is 4.29. The van der Waals surface area contributed by atoms with Crippen molar-refractivity contribution in [2.45, 2.75) is 45.8 Å². The standard InChI is InChI=1S/C21H27ClN4O3S/c1-13-6-7-14-11-15(18(22)24-17(14)10-13)12-23-26-19(27)16(8-9-30-5)25-20(28)29-21(2,3)4/h6-7,10-12,16H,8-9H2,1-5H3,(H,25,28)(H,26,27)/b23-12+/t16-/m0/s1. The van der Waals surface area contributed by atoms with Crippen molar-refractivity contribution < 1.29 is 14.3 Å². The van der Waals surface area contributed by atoms with Gasteiger partial charge in [0.15, 0.2) is 0 Å². The van der Waals surface area contributed by atoms with E-state index < -0.39 is 23.6 Å². The van der Waals surface area contributed by atoms with Gasteiger partial charge in [0.05, 0.1) is 11.7 Å². The van der Waals surface area contributed by atoms with E-state index in [1.807, 2.05) is 37.4 Å². The van der Waals surface area contributed by atoms with Crippen LogP contribution in [-0.2, 0) is 9.53 Å². The van der Waals surface area contributed by atoms with E-state index in [4.69, 9.17) is 16.3 Å². The van der Waals surface area contributed by atoms with Gasteiger partial charge in [0.25, 0.3) is 5.91 Å². The number of ether oxygens (including phenoxy) is 1. The first-order valence-electron chi connectivity index (χ1n) is 9.47. The molecule has 0 saturated heterocycles. The maximum Gasteiger partial charge on any atom is 0.408 e. The smallest absolute Gasteiger partial charge is 0.408 e. The van der Waals surface area contributed by atoms with Crippen LogP contribution in [0.15, 0.2) is 29.4 Å². The van der Waals surface area contributed by atoms with Gasteiger partial charge in [-0.25, -0.2) is 15.2 Å². The highest BCUT2D eigenvalue weighted by molar-refractivity contribution is 7.98. The topological polar surface area (TPSA) is 92.7 Å². The van der Waals surface area contributed by atoms with E-state index in [2.05, 4.69) is 20.8 Å². The molecule has 1 heterocycles. The summed E-state index contributed by atoms with van der Waals surface area (Å²) in [4.78, 5) is 28.9. The van der Waals surface area contributed by atoms with Crippen LogP contribution in [0.2, 0.25) is 5.15 Å².